The molecule has 0 radical (unpaired) electrons. The summed E-state index contributed by atoms with van der Waals surface area (Å²) in [5, 5.41) is 1.66. The van der Waals surface area contributed by atoms with E-state index in [1.54, 1.807) is 25.3 Å². The van der Waals surface area contributed by atoms with Gasteiger partial charge in [-0.15, -0.1) is 11.3 Å². The van der Waals surface area contributed by atoms with Crippen LogP contribution in [0.3, 0.4) is 0 Å². The molecule has 1 amide bonds. The average molecular weight is 262 g/mol. The molecule has 0 spiro atoms. The lowest BCUT2D eigenvalue weighted by molar-refractivity contribution is -0.120. The zero-order valence-corrected chi connectivity index (χ0v) is 10.6. The third kappa shape index (κ3) is 3.03. The molecule has 1 aromatic heterocycles. The molecule has 1 atom stereocenters. The molecule has 5 nitrogen and oxygen atoms in total. The van der Waals surface area contributed by atoms with Gasteiger partial charge >= 0.3 is 0 Å². The van der Waals surface area contributed by atoms with E-state index in [9.17, 15) is 13.2 Å². The molecule has 1 rings (SSSR count). The van der Waals surface area contributed by atoms with E-state index in [0.29, 0.717) is 0 Å². The molecule has 1 unspecified atom stereocenters. The Morgan fingerprint density at radius 2 is 2.12 bits per heavy atom. The largest absolute Gasteiger partial charge is 0.368 e. The number of carbonyl (C=O) groups excluding carboxylic acids is 1. The van der Waals surface area contributed by atoms with Crippen LogP contribution >= 0.6 is 11.3 Å². The highest BCUT2D eigenvalue weighted by Gasteiger charge is 2.26. The normalized spacial score (nSPS) is 13.9. The van der Waals surface area contributed by atoms with Crippen LogP contribution in [0.15, 0.2) is 21.7 Å². The number of hydrogen-bond donors (Lipinski definition) is 2. The van der Waals surface area contributed by atoms with Crippen molar-refractivity contribution in [2.45, 2.75) is 24.1 Å². The van der Waals surface area contributed by atoms with Crippen LogP contribution in [0.25, 0.3) is 0 Å². The van der Waals surface area contributed by atoms with Gasteiger partial charge in [-0.1, -0.05) is 19.9 Å². The lowest BCUT2D eigenvalue weighted by Gasteiger charge is -2.18. The van der Waals surface area contributed by atoms with Gasteiger partial charge in [0.15, 0.2) is 0 Å². The number of nitrogens with one attached hydrogen (secondary N) is 1. The molecule has 0 aliphatic rings. The smallest absolute Gasteiger partial charge is 0.250 e. The van der Waals surface area contributed by atoms with Gasteiger partial charge in [0.05, 0.1) is 0 Å². The van der Waals surface area contributed by atoms with E-state index in [1.807, 2.05) is 0 Å². The second-order valence-corrected chi connectivity index (χ2v) is 6.57. The second kappa shape index (κ2) is 4.94. The van der Waals surface area contributed by atoms with Gasteiger partial charge in [-0.25, -0.2) is 8.42 Å². The molecule has 7 heteroatoms. The molecule has 0 aliphatic carbocycles. The summed E-state index contributed by atoms with van der Waals surface area (Å²) in [4.78, 5) is 11.1. The maximum Gasteiger partial charge on any atom is 0.250 e. The standard InChI is InChI=1S/C9H14N2O3S2/c1-6(2)8(9(10)12)11-16(13,14)7-4-3-5-15-7/h3-6,8,11H,1-2H3,(H2,10,12). The summed E-state index contributed by atoms with van der Waals surface area (Å²) >= 11 is 1.09. The first kappa shape index (κ1) is 13.1. The number of rotatable bonds is 5. The molecular formula is C9H14N2O3S2. The van der Waals surface area contributed by atoms with Crippen LogP contribution in [0.4, 0.5) is 0 Å². The van der Waals surface area contributed by atoms with Crippen molar-refractivity contribution in [2.75, 3.05) is 0 Å². The lowest BCUT2D eigenvalue weighted by atomic mass is 10.1. The maximum atomic E-state index is 11.8. The minimum atomic E-state index is -3.64. The molecule has 0 saturated heterocycles. The van der Waals surface area contributed by atoms with Crippen molar-refractivity contribution in [3.63, 3.8) is 0 Å². The van der Waals surface area contributed by atoms with Crippen LogP contribution in [0.2, 0.25) is 0 Å². The van der Waals surface area contributed by atoms with E-state index in [-0.39, 0.29) is 10.1 Å². The monoisotopic (exact) mass is 262 g/mol. The van der Waals surface area contributed by atoms with Crippen LogP contribution in [0.1, 0.15) is 13.8 Å². The molecule has 16 heavy (non-hydrogen) atoms. The van der Waals surface area contributed by atoms with Crippen molar-refractivity contribution in [1.29, 1.82) is 0 Å². The fraction of sp³-hybridized carbons (Fsp3) is 0.444. The number of thiophene rings is 1. The minimum absolute atomic E-state index is 0.180. The Kier molecular flexibility index (Phi) is 4.06. The molecule has 1 aromatic rings. The summed E-state index contributed by atoms with van der Waals surface area (Å²) < 4.78 is 26.1. The van der Waals surface area contributed by atoms with E-state index in [4.69, 9.17) is 5.73 Å². The predicted octanol–water partition coefficient (Wildman–Crippen LogP) is 0.536. The number of amides is 1. The van der Waals surface area contributed by atoms with Crippen molar-refractivity contribution in [1.82, 2.24) is 4.72 Å². The van der Waals surface area contributed by atoms with Crippen molar-refractivity contribution >= 4 is 27.3 Å². The van der Waals surface area contributed by atoms with Crippen molar-refractivity contribution < 1.29 is 13.2 Å². The fourth-order valence-corrected chi connectivity index (χ4v) is 3.53. The predicted molar refractivity (Wildman–Crippen MR) is 62.5 cm³/mol. The third-order valence-corrected chi connectivity index (χ3v) is 4.85. The Hall–Kier alpha value is -0.920. The number of carbonyl (C=O) groups is 1. The van der Waals surface area contributed by atoms with E-state index < -0.39 is 22.0 Å². The molecule has 0 aliphatic heterocycles. The molecule has 90 valence electrons. The first-order valence-electron chi connectivity index (χ1n) is 4.69. The van der Waals surface area contributed by atoms with Gasteiger partial charge in [-0.2, -0.15) is 4.72 Å². The van der Waals surface area contributed by atoms with Crippen LogP contribution in [0, 0.1) is 5.92 Å². The first-order valence-corrected chi connectivity index (χ1v) is 7.06. The number of sulfonamides is 1. The van der Waals surface area contributed by atoms with Gasteiger partial charge in [-0.05, 0) is 17.4 Å². The van der Waals surface area contributed by atoms with E-state index in [1.165, 1.54) is 6.07 Å². The maximum absolute atomic E-state index is 11.8. The highest BCUT2D eigenvalue weighted by molar-refractivity contribution is 7.91. The van der Waals surface area contributed by atoms with Gasteiger partial charge in [0.2, 0.25) is 5.91 Å². The molecule has 0 fully saturated rings. The molecule has 0 saturated carbocycles. The summed E-state index contributed by atoms with van der Waals surface area (Å²) in [6.07, 6.45) is 0. The summed E-state index contributed by atoms with van der Waals surface area (Å²) in [6.45, 7) is 3.46. The van der Waals surface area contributed by atoms with Crippen LogP contribution in [-0.2, 0) is 14.8 Å². The molecule has 3 N–H and O–H groups in total. The average Bonchev–Trinajstić information content (AvgIpc) is 2.66. The van der Waals surface area contributed by atoms with E-state index >= 15 is 0 Å². The minimum Gasteiger partial charge on any atom is -0.368 e. The number of hydrogen-bond acceptors (Lipinski definition) is 4. The molecule has 0 bridgehead atoms. The fourth-order valence-electron chi connectivity index (χ4n) is 1.16. The summed E-state index contributed by atoms with van der Waals surface area (Å²) in [7, 11) is -3.64. The van der Waals surface area contributed by atoms with Gasteiger partial charge < -0.3 is 5.73 Å². The zero-order chi connectivity index (χ0) is 12.3. The zero-order valence-electron chi connectivity index (χ0n) is 9.01. The van der Waals surface area contributed by atoms with Gasteiger partial charge in [0.1, 0.15) is 10.3 Å². The van der Waals surface area contributed by atoms with Crippen molar-refractivity contribution in [3.05, 3.63) is 17.5 Å². The van der Waals surface area contributed by atoms with Gasteiger partial charge in [-0.3, -0.25) is 4.79 Å². The van der Waals surface area contributed by atoms with Crippen LogP contribution in [-0.4, -0.2) is 20.4 Å². The van der Waals surface area contributed by atoms with E-state index in [0.717, 1.165) is 11.3 Å². The number of nitrogens with two attached hydrogens (primary N) is 1. The molecule has 1 heterocycles. The van der Waals surface area contributed by atoms with Crippen molar-refractivity contribution in [3.8, 4) is 0 Å². The highest BCUT2D eigenvalue weighted by Crippen LogP contribution is 2.16. The topological polar surface area (TPSA) is 89.3 Å². The Bertz CT molecular complexity index is 451. The van der Waals surface area contributed by atoms with Gasteiger partial charge in [0, 0.05) is 0 Å². The Morgan fingerprint density at radius 3 is 2.50 bits per heavy atom. The van der Waals surface area contributed by atoms with Gasteiger partial charge in [0.25, 0.3) is 10.0 Å². The van der Waals surface area contributed by atoms with E-state index in [2.05, 4.69) is 4.72 Å². The summed E-state index contributed by atoms with van der Waals surface area (Å²) in [5.74, 6) is -0.859. The highest BCUT2D eigenvalue weighted by atomic mass is 32.2. The molecule has 0 aromatic carbocycles. The van der Waals surface area contributed by atoms with Crippen LogP contribution in [0.5, 0.6) is 0 Å². The Labute approximate surface area is 98.7 Å². The lowest BCUT2D eigenvalue weighted by Crippen LogP contribution is -2.47. The second-order valence-electron chi connectivity index (χ2n) is 3.68. The number of primary amides is 1. The van der Waals surface area contributed by atoms with Crippen molar-refractivity contribution in [2.24, 2.45) is 11.7 Å². The summed E-state index contributed by atoms with van der Waals surface area (Å²) in [5.41, 5.74) is 5.14. The quantitative estimate of drug-likeness (QED) is 0.811. The summed E-state index contributed by atoms with van der Waals surface area (Å²) in [6, 6.07) is 2.23. The Balaban J connectivity index is 2.92. The third-order valence-electron chi connectivity index (χ3n) is 2.02. The van der Waals surface area contributed by atoms with Crippen LogP contribution < -0.4 is 10.5 Å². The first-order chi connectivity index (χ1) is 7.34. The Morgan fingerprint density at radius 1 is 1.50 bits per heavy atom. The molecular weight excluding hydrogens is 248 g/mol. The SMILES string of the molecule is CC(C)C(NS(=O)(=O)c1cccs1)C(N)=O.